The summed E-state index contributed by atoms with van der Waals surface area (Å²) < 4.78 is 0. The molecular formula is C20H31N5O. The van der Waals surface area contributed by atoms with E-state index >= 15 is 0 Å². The third-order valence-corrected chi connectivity index (χ3v) is 6.42. The van der Waals surface area contributed by atoms with Crippen LogP contribution in [0.15, 0.2) is 12.4 Å². The number of aromatic nitrogens is 2. The predicted octanol–water partition coefficient (Wildman–Crippen LogP) is 1.74. The Balaban J connectivity index is 1.29. The molecule has 3 atom stereocenters. The van der Waals surface area contributed by atoms with Crippen molar-refractivity contribution in [1.82, 2.24) is 25.1 Å². The highest BCUT2D eigenvalue weighted by Gasteiger charge is 2.46. The van der Waals surface area contributed by atoms with Crippen LogP contribution in [0.1, 0.15) is 49.9 Å². The second-order valence-electron chi connectivity index (χ2n) is 8.44. The zero-order valence-corrected chi connectivity index (χ0v) is 15.9. The number of rotatable bonds is 4. The van der Waals surface area contributed by atoms with Crippen LogP contribution in [0.5, 0.6) is 0 Å². The molecule has 6 nitrogen and oxygen atoms in total. The number of fused-ring (bicyclic) bond motifs is 2. The smallest absolute Gasteiger partial charge is 0.227 e. The number of likely N-dealkylation sites (tertiary alicyclic amines) is 1. The van der Waals surface area contributed by atoms with Gasteiger partial charge in [0.2, 0.25) is 5.91 Å². The molecule has 1 N–H and O–H groups in total. The van der Waals surface area contributed by atoms with Crippen LogP contribution in [0.2, 0.25) is 0 Å². The highest BCUT2D eigenvalue weighted by atomic mass is 16.2. The van der Waals surface area contributed by atoms with Gasteiger partial charge >= 0.3 is 0 Å². The van der Waals surface area contributed by atoms with Crippen molar-refractivity contribution < 1.29 is 4.79 Å². The number of aryl methyl sites for hydroxylation is 1. The van der Waals surface area contributed by atoms with E-state index < -0.39 is 0 Å². The summed E-state index contributed by atoms with van der Waals surface area (Å²) in [7, 11) is 0. The predicted molar refractivity (Wildman–Crippen MR) is 101 cm³/mol. The van der Waals surface area contributed by atoms with Crippen LogP contribution in [-0.2, 0) is 11.3 Å². The molecule has 6 heteroatoms. The highest BCUT2D eigenvalue weighted by Crippen LogP contribution is 2.39. The van der Waals surface area contributed by atoms with Crippen LogP contribution in [0.25, 0.3) is 0 Å². The van der Waals surface area contributed by atoms with Gasteiger partial charge in [0.05, 0.1) is 16.8 Å². The van der Waals surface area contributed by atoms with Crippen molar-refractivity contribution in [2.24, 2.45) is 5.41 Å². The Bertz CT molecular complexity index is 630. The molecule has 0 spiro atoms. The zero-order chi connectivity index (χ0) is 18.0. The van der Waals surface area contributed by atoms with Crippen LogP contribution in [0.3, 0.4) is 0 Å². The number of nitrogens with zero attached hydrogens (tertiary/aromatic N) is 4. The topological polar surface area (TPSA) is 61.4 Å². The molecule has 26 heavy (non-hydrogen) atoms. The molecule has 1 amide bonds. The summed E-state index contributed by atoms with van der Waals surface area (Å²) in [4.78, 5) is 26.7. The number of piperidine rings is 1. The summed E-state index contributed by atoms with van der Waals surface area (Å²) in [6, 6.07) is 0.321. The van der Waals surface area contributed by atoms with E-state index in [0.717, 1.165) is 76.2 Å². The summed E-state index contributed by atoms with van der Waals surface area (Å²) in [6.07, 6.45) is 10.3. The summed E-state index contributed by atoms with van der Waals surface area (Å²) in [6.45, 7) is 8.15. The molecule has 2 bridgehead atoms. The van der Waals surface area contributed by atoms with Gasteiger partial charge in [-0.2, -0.15) is 0 Å². The highest BCUT2D eigenvalue weighted by molar-refractivity contribution is 5.83. The molecule has 0 aromatic carbocycles. The first kappa shape index (κ1) is 17.9. The van der Waals surface area contributed by atoms with Crippen molar-refractivity contribution in [2.75, 3.05) is 32.7 Å². The fourth-order valence-electron chi connectivity index (χ4n) is 4.82. The average Bonchev–Trinajstić information content (AvgIpc) is 2.80. The van der Waals surface area contributed by atoms with Crippen molar-refractivity contribution in [3.63, 3.8) is 0 Å². The van der Waals surface area contributed by atoms with Crippen molar-refractivity contribution in [1.29, 1.82) is 0 Å². The van der Waals surface area contributed by atoms with Gasteiger partial charge in [-0.15, -0.1) is 0 Å². The van der Waals surface area contributed by atoms with Crippen LogP contribution in [0, 0.1) is 12.3 Å². The molecule has 3 aliphatic rings. The Labute approximate surface area is 156 Å². The summed E-state index contributed by atoms with van der Waals surface area (Å²) >= 11 is 0. The van der Waals surface area contributed by atoms with Crippen LogP contribution >= 0.6 is 0 Å². The van der Waals surface area contributed by atoms with E-state index in [0.29, 0.717) is 11.9 Å². The minimum absolute atomic E-state index is 0.0955. The van der Waals surface area contributed by atoms with Crippen molar-refractivity contribution in [2.45, 2.75) is 58.0 Å². The van der Waals surface area contributed by atoms with Gasteiger partial charge < -0.3 is 10.2 Å². The van der Waals surface area contributed by atoms with E-state index in [1.807, 2.05) is 19.3 Å². The van der Waals surface area contributed by atoms with Gasteiger partial charge in [-0.3, -0.25) is 19.7 Å². The first-order valence-corrected chi connectivity index (χ1v) is 10.2. The van der Waals surface area contributed by atoms with Gasteiger partial charge in [0.25, 0.3) is 0 Å². The molecular weight excluding hydrogens is 326 g/mol. The summed E-state index contributed by atoms with van der Waals surface area (Å²) in [5.41, 5.74) is 1.90. The molecule has 3 unspecified atom stereocenters. The molecule has 4 heterocycles. The average molecular weight is 358 g/mol. The maximum atomic E-state index is 13.0. The summed E-state index contributed by atoms with van der Waals surface area (Å²) in [5, 5.41) is 3.42. The lowest BCUT2D eigenvalue weighted by atomic mass is 9.80. The lowest BCUT2D eigenvalue weighted by Crippen LogP contribution is -2.49. The van der Waals surface area contributed by atoms with Crippen molar-refractivity contribution in [3.05, 3.63) is 23.8 Å². The van der Waals surface area contributed by atoms with Gasteiger partial charge in [0.1, 0.15) is 0 Å². The monoisotopic (exact) mass is 357 g/mol. The molecule has 3 aliphatic heterocycles. The third-order valence-electron chi connectivity index (χ3n) is 6.42. The molecule has 3 saturated heterocycles. The molecule has 1 aromatic rings. The number of hydrogen-bond donors (Lipinski definition) is 1. The lowest BCUT2D eigenvalue weighted by molar-refractivity contribution is -0.132. The number of hydrogen-bond acceptors (Lipinski definition) is 5. The second kappa shape index (κ2) is 7.61. The molecule has 142 valence electrons. The molecule has 0 radical (unpaired) electrons. The quantitative estimate of drug-likeness (QED) is 0.889. The molecule has 1 aromatic heterocycles. The summed E-state index contributed by atoms with van der Waals surface area (Å²) in [5.74, 6) is 0.322. The standard InChI is InChI=1S/C20H31N5O/c1-16-12-22-18(13-21-16)14-24-8-2-4-17(5-10-24)23-19(26)20-6-3-9-25(15-20)11-7-20/h12-13,17H,2-11,14-15H2,1H3,(H,23,26). The Morgan fingerprint density at radius 2 is 2.08 bits per heavy atom. The fourth-order valence-corrected chi connectivity index (χ4v) is 4.82. The van der Waals surface area contributed by atoms with Crippen molar-refractivity contribution >= 4 is 5.91 Å². The Kier molecular flexibility index (Phi) is 5.23. The zero-order valence-electron chi connectivity index (χ0n) is 15.9. The minimum atomic E-state index is -0.0955. The number of amides is 1. The van der Waals surface area contributed by atoms with E-state index in [9.17, 15) is 4.79 Å². The minimum Gasteiger partial charge on any atom is -0.353 e. The SMILES string of the molecule is Cc1cnc(CN2CCCC(NC(=O)C34CCCN(CC3)C4)CC2)cn1. The first-order chi connectivity index (χ1) is 12.6. The van der Waals surface area contributed by atoms with Gasteiger partial charge in [-0.1, -0.05) is 0 Å². The number of carbonyl (C=O) groups is 1. The van der Waals surface area contributed by atoms with E-state index in [1.165, 1.54) is 13.0 Å². The van der Waals surface area contributed by atoms with Crippen LogP contribution in [0.4, 0.5) is 0 Å². The maximum Gasteiger partial charge on any atom is 0.227 e. The fraction of sp³-hybridized carbons (Fsp3) is 0.750. The normalized spacial score (nSPS) is 32.2. The lowest BCUT2D eigenvalue weighted by Gasteiger charge is -2.34. The van der Waals surface area contributed by atoms with E-state index in [2.05, 4.69) is 25.1 Å². The van der Waals surface area contributed by atoms with E-state index in [-0.39, 0.29) is 5.41 Å². The Morgan fingerprint density at radius 1 is 1.15 bits per heavy atom. The van der Waals surface area contributed by atoms with Gasteiger partial charge in [0, 0.05) is 38.1 Å². The van der Waals surface area contributed by atoms with Crippen molar-refractivity contribution in [3.8, 4) is 0 Å². The Morgan fingerprint density at radius 3 is 2.92 bits per heavy atom. The van der Waals surface area contributed by atoms with E-state index in [4.69, 9.17) is 0 Å². The molecule has 3 fully saturated rings. The third kappa shape index (κ3) is 3.91. The van der Waals surface area contributed by atoms with Crippen LogP contribution < -0.4 is 5.32 Å². The van der Waals surface area contributed by atoms with Gasteiger partial charge in [-0.05, 0) is 65.1 Å². The first-order valence-electron chi connectivity index (χ1n) is 10.2. The number of carbonyl (C=O) groups excluding carboxylic acids is 1. The van der Waals surface area contributed by atoms with Crippen LogP contribution in [-0.4, -0.2) is 64.4 Å². The Hall–Kier alpha value is -1.53. The van der Waals surface area contributed by atoms with Gasteiger partial charge in [0.15, 0.2) is 0 Å². The largest absolute Gasteiger partial charge is 0.353 e. The van der Waals surface area contributed by atoms with Gasteiger partial charge in [-0.25, -0.2) is 0 Å². The maximum absolute atomic E-state index is 13.0. The molecule has 0 saturated carbocycles. The molecule has 4 rings (SSSR count). The number of nitrogens with one attached hydrogen (secondary N) is 1. The van der Waals surface area contributed by atoms with E-state index in [1.54, 1.807) is 0 Å². The molecule has 0 aliphatic carbocycles. The second-order valence-corrected chi connectivity index (χ2v) is 8.44.